The number of hydrazine groups is 1. The number of hydrogen-bond donors (Lipinski definition) is 1. The van der Waals surface area contributed by atoms with Gasteiger partial charge in [0.2, 0.25) is 0 Å². The van der Waals surface area contributed by atoms with Gasteiger partial charge in [-0.1, -0.05) is 35.9 Å². The van der Waals surface area contributed by atoms with E-state index in [0.29, 0.717) is 6.61 Å². The first-order valence-electron chi connectivity index (χ1n) is 8.52. The maximum Gasteiger partial charge on any atom is 0.333 e. The summed E-state index contributed by atoms with van der Waals surface area (Å²) in [5.74, 6) is 0.804. The minimum atomic E-state index is -0.0851. The molecule has 0 aromatic heterocycles. The van der Waals surface area contributed by atoms with Gasteiger partial charge >= 0.3 is 6.03 Å². The van der Waals surface area contributed by atoms with Crippen molar-refractivity contribution in [1.82, 2.24) is 15.3 Å². The summed E-state index contributed by atoms with van der Waals surface area (Å²) in [6, 6.07) is 15.5. The highest BCUT2D eigenvalue weighted by Gasteiger charge is 2.39. The van der Waals surface area contributed by atoms with E-state index in [2.05, 4.69) is 10.3 Å². The maximum absolute atomic E-state index is 12.1. The molecule has 1 N–H and O–H groups in total. The largest absolute Gasteiger partial charge is 0.489 e. The molecule has 0 aliphatic carbocycles. The SMILES string of the molecule is O=C1NC(c2ccc(OCc3ccc(Cl)cc3)cc2)N2CCCCN12. The molecule has 2 aromatic rings. The number of hydrogen-bond acceptors (Lipinski definition) is 3. The number of carbonyl (C=O) groups excluding carboxylic acids is 1. The lowest BCUT2D eigenvalue weighted by atomic mass is 10.1. The van der Waals surface area contributed by atoms with E-state index in [1.807, 2.05) is 53.5 Å². The monoisotopic (exact) mass is 357 g/mol. The highest BCUT2D eigenvalue weighted by atomic mass is 35.5. The number of nitrogens with zero attached hydrogens (tertiary/aromatic N) is 2. The summed E-state index contributed by atoms with van der Waals surface area (Å²) in [5.41, 5.74) is 2.14. The Labute approximate surface area is 152 Å². The van der Waals surface area contributed by atoms with E-state index in [1.54, 1.807) is 0 Å². The van der Waals surface area contributed by atoms with Gasteiger partial charge in [-0.05, 0) is 48.2 Å². The summed E-state index contributed by atoms with van der Waals surface area (Å²) in [5, 5.41) is 7.71. The number of ether oxygens (including phenoxy) is 1. The molecule has 2 aromatic carbocycles. The van der Waals surface area contributed by atoms with Crippen LogP contribution in [0.15, 0.2) is 48.5 Å². The van der Waals surface area contributed by atoms with Crippen LogP contribution in [0.1, 0.15) is 30.1 Å². The van der Waals surface area contributed by atoms with Crippen LogP contribution in [0.25, 0.3) is 0 Å². The highest BCUT2D eigenvalue weighted by molar-refractivity contribution is 6.30. The minimum absolute atomic E-state index is 0.00670. The zero-order chi connectivity index (χ0) is 17.2. The Kier molecular flexibility index (Phi) is 4.51. The molecule has 0 radical (unpaired) electrons. The quantitative estimate of drug-likeness (QED) is 0.901. The number of benzene rings is 2. The number of carbonyl (C=O) groups is 1. The molecule has 2 aliphatic heterocycles. The Morgan fingerprint density at radius 1 is 1.04 bits per heavy atom. The Balaban J connectivity index is 1.41. The molecule has 0 saturated carbocycles. The molecular formula is C19H20ClN3O2. The van der Waals surface area contributed by atoms with E-state index < -0.39 is 0 Å². The second-order valence-electron chi connectivity index (χ2n) is 6.33. The minimum Gasteiger partial charge on any atom is -0.489 e. The van der Waals surface area contributed by atoms with Crippen LogP contribution in [-0.4, -0.2) is 29.1 Å². The van der Waals surface area contributed by atoms with E-state index in [4.69, 9.17) is 16.3 Å². The standard InChI is InChI=1S/C19H20ClN3O2/c20-16-7-3-14(4-8-16)13-25-17-9-5-15(6-10-17)18-21-19(24)23-12-2-1-11-22(18)23/h3-10,18H,1-2,11-13H2,(H,21,24). The van der Waals surface area contributed by atoms with Crippen molar-refractivity contribution in [2.75, 3.05) is 13.1 Å². The molecule has 2 fully saturated rings. The van der Waals surface area contributed by atoms with Gasteiger partial charge in [-0.15, -0.1) is 0 Å². The summed E-state index contributed by atoms with van der Waals surface area (Å²) in [4.78, 5) is 12.1. The van der Waals surface area contributed by atoms with Gasteiger partial charge in [0.05, 0.1) is 0 Å². The molecule has 2 saturated heterocycles. The van der Waals surface area contributed by atoms with E-state index in [-0.39, 0.29) is 12.2 Å². The van der Waals surface area contributed by atoms with Gasteiger partial charge in [-0.25, -0.2) is 4.79 Å². The molecular weight excluding hydrogens is 338 g/mol. The Morgan fingerprint density at radius 3 is 2.52 bits per heavy atom. The van der Waals surface area contributed by atoms with Crippen molar-refractivity contribution in [3.63, 3.8) is 0 Å². The number of fused-ring (bicyclic) bond motifs is 1. The third-order valence-electron chi connectivity index (χ3n) is 4.62. The van der Waals surface area contributed by atoms with Crippen LogP contribution in [0.3, 0.4) is 0 Å². The van der Waals surface area contributed by atoms with E-state index >= 15 is 0 Å². The number of halogens is 1. The van der Waals surface area contributed by atoms with Crippen LogP contribution >= 0.6 is 11.6 Å². The fraction of sp³-hybridized carbons (Fsp3) is 0.316. The fourth-order valence-electron chi connectivity index (χ4n) is 3.29. The van der Waals surface area contributed by atoms with Gasteiger partial charge in [-0.2, -0.15) is 5.01 Å². The summed E-state index contributed by atoms with van der Waals surface area (Å²) >= 11 is 5.89. The molecule has 1 unspecified atom stereocenters. The predicted octanol–water partition coefficient (Wildman–Crippen LogP) is 3.95. The lowest BCUT2D eigenvalue weighted by Gasteiger charge is -2.34. The van der Waals surface area contributed by atoms with Crippen LogP contribution in [0, 0.1) is 0 Å². The topological polar surface area (TPSA) is 44.8 Å². The molecule has 0 bridgehead atoms. The molecule has 0 spiro atoms. The number of nitrogens with one attached hydrogen (secondary N) is 1. The molecule has 2 heterocycles. The van der Waals surface area contributed by atoms with Gasteiger partial charge in [-0.3, -0.25) is 5.01 Å². The Hall–Kier alpha value is -2.24. The first kappa shape index (κ1) is 16.2. The van der Waals surface area contributed by atoms with Crippen LogP contribution in [0.4, 0.5) is 4.79 Å². The van der Waals surface area contributed by atoms with Gasteiger partial charge in [0.1, 0.15) is 18.5 Å². The van der Waals surface area contributed by atoms with Crippen molar-refractivity contribution in [2.45, 2.75) is 25.6 Å². The summed E-state index contributed by atoms with van der Waals surface area (Å²) < 4.78 is 5.82. The average Bonchev–Trinajstić information content (AvgIpc) is 2.99. The van der Waals surface area contributed by atoms with E-state index in [1.165, 1.54) is 0 Å². The summed E-state index contributed by atoms with van der Waals surface area (Å²) in [6.45, 7) is 2.19. The zero-order valence-corrected chi connectivity index (χ0v) is 14.6. The van der Waals surface area contributed by atoms with Gasteiger partial charge in [0.25, 0.3) is 0 Å². The average molecular weight is 358 g/mol. The number of urea groups is 1. The summed E-state index contributed by atoms with van der Waals surface area (Å²) in [6.07, 6.45) is 2.09. The first-order chi connectivity index (χ1) is 12.2. The normalized spacial score (nSPS) is 20.3. The van der Waals surface area contributed by atoms with E-state index in [0.717, 1.165) is 47.8 Å². The van der Waals surface area contributed by atoms with Crippen LogP contribution in [0.2, 0.25) is 5.02 Å². The smallest absolute Gasteiger partial charge is 0.333 e. The van der Waals surface area contributed by atoms with Crippen LogP contribution < -0.4 is 10.1 Å². The van der Waals surface area contributed by atoms with Crippen molar-refractivity contribution >= 4 is 17.6 Å². The zero-order valence-electron chi connectivity index (χ0n) is 13.8. The maximum atomic E-state index is 12.1. The van der Waals surface area contributed by atoms with E-state index in [9.17, 15) is 4.79 Å². The molecule has 5 nitrogen and oxygen atoms in total. The van der Waals surface area contributed by atoms with Crippen molar-refractivity contribution in [2.24, 2.45) is 0 Å². The molecule has 2 aliphatic rings. The number of amides is 2. The van der Waals surface area contributed by atoms with Gasteiger partial charge in [0, 0.05) is 18.1 Å². The summed E-state index contributed by atoms with van der Waals surface area (Å²) in [7, 11) is 0. The van der Waals surface area contributed by atoms with Crippen LogP contribution in [0.5, 0.6) is 5.75 Å². The lowest BCUT2D eigenvalue weighted by Crippen LogP contribution is -2.44. The second-order valence-corrected chi connectivity index (χ2v) is 6.77. The fourth-order valence-corrected chi connectivity index (χ4v) is 3.41. The molecule has 2 amide bonds. The van der Waals surface area contributed by atoms with Crippen LogP contribution in [-0.2, 0) is 6.61 Å². The third-order valence-corrected chi connectivity index (χ3v) is 4.88. The third kappa shape index (κ3) is 3.43. The molecule has 4 rings (SSSR count). The highest BCUT2D eigenvalue weighted by Crippen LogP contribution is 2.30. The number of rotatable bonds is 4. The molecule has 130 valence electrons. The molecule has 6 heteroatoms. The first-order valence-corrected chi connectivity index (χ1v) is 8.90. The van der Waals surface area contributed by atoms with Gasteiger partial charge in [0.15, 0.2) is 0 Å². The van der Waals surface area contributed by atoms with Crippen molar-refractivity contribution in [1.29, 1.82) is 0 Å². The van der Waals surface area contributed by atoms with Gasteiger partial charge < -0.3 is 10.1 Å². The molecule has 25 heavy (non-hydrogen) atoms. The predicted molar refractivity (Wildman–Crippen MR) is 96.1 cm³/mol. The lowest BCUT2D eigenvalue weighted by molar-refractivity contribution is -0.00827. The second kappa shape index (κ2) is 6.94. The van der Waals surface area contributed by atoms with Crippen molar-refractivity contribution in [3.8, 4) is 5.75 Å². The van der Waals surface area contributed by atoms with Crippen molar-refractivity contribution < 1.29 is 9.53 Å². The Bertz CT molecular complexity index is 748. The Morgan fingerprint density at radius 2 is 1.76 bits per heavy atom. The molecule has 1 atom stereocenters. The van der Waals surface area contributed by atoms with Crippen molar-refractivity contribution in [3.05, 3.63) is 64.7 Å².